The topological polar surface area (TPSA) is 51.2 Å². The van der Waals surface area contributed by atoms with Gasteiger partial charge in [-0.2, -0.15) is 0 Å². The Morgan fingerprint density at radius 1 is 1.25 bits per heavy atom. The summed E-state index contributed by atoms with van der Waals surface area (Å²) in [6.07, 6.45) is 3.29. The molecule has 1 aromatic carbocycles. The van der Waals surface area contributed by atoms with Crippen molar-refractivity contribution < 1.29 is 4.42 Å². The van der Waals surface area contributed by atoms with Gasteiger partial charge in [0.1, 0.15) is 0 Å². The molecule has 0 spiro atoms. The highest BCUT2D eigenvalue weighted by atomic mass is 35.5. The summed E-state index contributed by atoms with van der Waals surface area (Å²) in [4.78, 5) is 0. The summed E-state index contributed by atoms with van der Waals surface area (Å²) in [7, 11) is 0. The first kappa shape index (κ1) is 11.2. The molecule has 0 unspecified atom stereocenters. The Morgan fingerprint density at radius 2 is 2.00 bits per heavy atom. The summed E-state index contributed by atoms with van der Waals surface area (Å²) >= 11 is 11.7. The van der Waals surface area contributed by atoms with Crippen LogP contribution in [0.5, 0.6) is 0 Å². The van der Waals surface area contributed by atoms with Gasteiger partial charge < -0.3 is 15.5 Å². The third kappa shape index (κ3) is 2.43. The highest BCUT2D eigenvalue weighted by molar-refractivity contribution is 6.42. The molecule has 5 heteroatoms. The fraction of sp³-hybridized carbons (Fsp3) is 0.0909. The summed E-state index contributed by atoms with van der Waals surface area (Å²) < 4.78 is 4.96. The maximum atomic E-state index is 5.90. The van der Waals surface area contributed by atoms with Crippen LogP contribution in [-0.4, -0.2) is 0 Å². The highest BCUT2D eigenvalue weighted by Gasteiger charge is 2.04. The first-order valence-corrected chi connectivity index (χ1v) is 5.42. The number of rotatable bonds is 3. The third-order valence-corrected chi connectivity index (χ3v) is 2.88. The first-order valence-electron chi connectivity index (χ1n) is 4.66. The third-order valence-electron chi connectivity index (χ3n) is 2.16. The molecular formula is C11H10Cl2N2O. The van der Waals surface area contributed by atoms with Crippen molar-refractivity contribution in [3.05, 3.63) is 46.3 Å². The van der Waals surface area contributed by atoms with Crippen molar-refractivity contribution in [1.82, 2.24) is 0 Å². The van der Waals surface area contributed by atoms with Gasteiger partial charge in [0.15, 0.2) is 0 Å². The van der Waals surface area contributed by atoms with Crippen molar-refractivity contribution in [2.75, 3.05) is 11.1 Å². The molecule has 0 radical (unpaired) electrons. The Balaban J connectivity index is 2.12. The van der Waals surface area contributed by atoms with Gasteiger partial charge in [0.2, 0.25) is 0 Å². The van der Waals surface area contributed by atoms with Crippen LogP contribution in [0.1, 0.15) is 5.56 Å². The fourth-order valence-corrected chi connectivity index (χ4v) is 1.64. The molecule has 3 nitrogen and oxygen atoms in total. The Labute approximate surface area is 103 Å². The molecule has 0 saturated carbocycles. The molecule has 2 aromatic rings. The predicted molar refractivity (Wildman–Crippen MR) is 66.9 cm³/mol. The highest BCUT2D eigenvalue weighted by Crippen LogP contribution is 2.30. The lowest BCUT2D eigenvalue weighted by Gasteiger charge is -2.09. The van der Waals surface area contributed by atoms with Crippen molar-refractivity contribution in [1.29, 1.82) is 0 Å². The van der Waals surface area contributed by atoms with E-state index < -0.39 is 0 Å². The van der Waals surface area contributed by atoms with Crippen molar-refractivity contribution in [3.63, 3.8) is 0 Å². The normalized spacial score (nSPS) is 10.4. The summed E-state index contributed by atoms with van der Waals surface area (Å²) in [5, 5.41) is 4.08. The molecule has 0 bridgehead atoms. The lowest BCUT2D eigenvalue weighted by Crippen LogP contribution is -2.01. The second kappa shape index (κ2) is 4.68. The molecule has 0 amide bonds. The van der Waals surface area contributed by atoms with Crippen LogP contribution in [0.4, 0.5) is 11.4 Å². The van der Waals surface area contributed by atoms with Crippen molar-refractivity contribution >= 4 is 34.6 Å². The molecule has 3 N–H and O–H groups in total. The van der Waals surface area contributed by atoms with Gasteiger partial charge in [0.25, 0.3) is 0 Å². The second-order valence-electron chi connectivity index (χ2n) is 3.34. The van der Waals surface area contributed by atoms with Gasteiger partial charge in [0.05, 0.1) is 33.9 Å². The summed E-state index contributed by atoms with van der Waals surface area (Å²) in [5.41, 5.74) is 8.16. The van der Waals surface area contributed by atoms with E-state index in [0.29, 0.717) is 22.3 Å². The molecule has 2 rings (SSSR count). The van der Waals surface area contributed by atoms with Crippen LogP contribution in [0.15, 0.2) is 35.1 Å². The number of furan rings is 1. The number of benzene rings is 1. The number of hydrogen-bond acceptors (Lipinski definition) is 3. The van der Waals surface area contributed by atoms with Crippen molar-refractivity contribution in [3.8, 4) is 0 Å². The van der Waals surface area contributed by atoms with Crippen molar-refractivity contribution in [2.24, 2.45) is 0 Å². The zero-order valence-corrected chi connectivity index (χ0v) is 9.85. The predicted octanol–water partition coefficient (Wildman–Crippen LogP) is 3.78. The minimum Gasteiger partial charge on any atom is -0.472 e. The van der Waals surface area contributed by atoms with Crippen LogP contribution >= 0.6 is 23.2 Å². The van der Waals surface area contributed by atoms with Gasteiger partial charge in [0, 0.05) is 12.1 Å². The van der Waals surface area contributed by atoms with Gasteiger partial charge in [-0.05, 0) is 18.2 Å². The summed E-state index contributed by atoms with van der Waals surface area (Å²) in [5.74, 6) is 0. The maximum absolute atomic E-state index is 5.90. The number of nitrogens with two attached hydrogens (primary N) is 1. The van der Waals surface area contributed by atoms with E-state index in [1.165, 1.54) is 0 Å². The van der Waals surface area contributed by atoms with E-state index in [1.54, 1.807) is 24.7 Å². The van der Waals surface area contributed by atoms with E-state index in [0.717, 1.165) is 11.3 Å². The van der Waals surface area contributed by atoms with Crippen molar-refractivity contribution in [2.45, 2.75) is 6.54 Å². The largest absolute Gasteiger partial charge is 0.472 e. The Bertz CT molecular complexity index is 483. The Morgan fingerprint density at radius 3 is 2.69 bits per heavy atom. The number of nitrogen functional groups attached to an aromatic ring is 1. The molecule has 0 aliphatic heterocycles. The summed E-state index contributed by atoms with van der Waals surface area (Å²) in [6, 6.07) is 5.21. The molecule has 1 aromatic heterocycles. The lowest BCUT2D eigenvalue weighted by atomic mass is 10.2. The number of halogens is 2. The Hall–Kier alpha value is -1.32. The zero-order valence-electron chi connectivity index (χ0n) is 8.34. The first-order chi connectivity index (χ1) is 7.66. The minimum atomic E-state index is 0.452. The lowest BCUT2D eigenvalue weighted by molar-refractivity contribution is 0.564. The molecule has 0 saturated heterocycles. The SMILES string of the molecule is Nc1cc(Cl)c(Cl)cc1NCc1ccoc1. The molecule has 0 atom stereocenters. The number of nitrogens with one attached hydrogen (secondary N) is 1. The van der Waals surface area contributed by atoms with Crippen LogP contribution in [-0.2, 0) is 6.54 Å². The fourth-order valence-electron chi connectivity index (χ4n) is 1.31. The van der Waals surface area contributed by atoms with Crippen LogP contribution in [0.3, 0.4) is 0 Å². The van der Waals surface area contributed by atoms with Gasteiger partial charge in [-0.25, -0.2) is 0 Å². The van der Waals surface area contributed by atoms with Crippen LogP contribution in [0, 0.1) is 0 Å². The number of anilines is 2. The average Bonchev–Trinajstić information content (AvgIpc) is 2.74. The molecule has 1 heterocycles. The van der Waals surface area contributed by atoms with Gasteiger partial charge in [-0.15, -0.1) is 0 Å². The van der Waals surface area contributed by atoms with E-state index in [9.17, 15) is 0 Å². The van der Waals surface area contributed by atoms with E-state index in [2.05, 4.69) is 5.32 Å². The van der Waals surface area contributed by atoms with Gasteiger partial charge >= 0.3 is 0 Å². The van der Waals surface area contributed by atoms with Gasteiger partial charge in [-0.1, -0.05) is 23.2 Å². The Kier molecular flexibility index (Phi) is 3.27. The molecular weight excluding hydrogens is 247 g/mol. The van der Waals surface area contributed by atoms with Gasteiger partial charge in [-0.3, -0.25) is 0 Å². The van der Waals surface area contributed by atoms with E-state index >= 15 is 0 Å². The van der Waals surface area contributed by atoms with E-state index in [1.807, 2.05) is 6.07 Å². The average molecular weight is 257 g/mol. The molecule has 84 valence electrons. The molecule has 0 aliphatic rings. The number of hydrogen-bond donors (Lipinski definition) is 2. The quantitative estimate of drug-likeness (QED) is 0.822. The summed E-state index contributed by atoms with van der Waals surface area (Å²) in [6.45, 7) is 0.624. The van der Waals surface area contributed by atoms with Crippen LogP contribution < -0.4 is 11.1 Å². The van der Waals surface area contributed by atoms with Crippen LogP contribution in [0.25, 0.3) is 0 Å². The minimum absolute atomic E-state index is 0.452. The molecule has 0 aliphatic carbocycles. The zero-order chi connectivity index (χ0) is 11.5. The molecule has 0 fully saturated rings. The second-order valence-corrected chi connectivity index (χ2v) is 4.15. The monoisotopic (exact) mass is 256 g/mol. The maximum Gasteiger partial charge on any atom is 0.0952 e. The smallest absolute Gasteiger partial charge is 0.0952 e. The van der Waals surface area contributed by atoms with Crippen LogP contribution in [0.2, 0.25) is 10.0 Å². The van der Waals surface area contributed by atoms with E-state index in [4.69, 9.17) is 33.4 Å². The molecule has 16 heavy (non-hydrogen) atoms. The standard InChI is InChI=1S/C11H10Cl2N2O/c12-8-3-10(14)11(4-9(8)13)15-5-7-1-2-16-6-7/h1-4,6,15H,5,14H2. The van der Waals surface area contributed by atoms with E-state index in [-0.39, 0.29) is 0 Å².